The van der Waals surface area contributed by atoms with Crippen LogP contribution >= 0.6 is 15.9 Å². The van der Waals surface area contributed by atoms with Gasteiger partial charge in [0, 0.05) is 10.3 Å². The number of rotatable bonds is 4. The van der Waals surface area contributed by atoms with Crippen molar-refractivity contribution in [3.63, 3.8) is 0 Å². The van der Waals surface area contributed by atoms with Gasteiger partial charge in [-0.2, -0.15) is 0 Å². The molecule has 1 aromatic carbocycles. The fourth-order valence-corrected chi connectivity index (χ4v) is 1.55. The first-order valence-corrected chi connectivity index (χ1v) is 6.96. The summed E-state index contributed by atoms with van der Waals surface area (Å²) in [5.41, 5.74) is 0.755. The molecule has 1 aromatic rings. The van der Waals surface area contributed by atoms with Gasteiger partial charge in [-0.15, -0.1) is 0 Å². The zero-order valence-electron chi connectivity index (χ0n) is 12.0. The minimum atomic E-state index is -0.700. The molecule has 104 valence electrons. The average Bonchev–Trinajstić information content (AvgIpc) is 2.34. The van der Waals surface area contributed by atoms with Gasteiger partial charge in [0.15, 0.2) is 0 Å². The van der Waals surface area contributed by atoms with Gasteiger partial charge in [-0.1, -0.05) is 35.0 Å². The van der Waals surface area contributed by atoms with Crippen LogP contribution in [0, 0.1) is 0 Å². The molecule has 2 radical (unpaired) electrons. The number of carbonyl (C=O) groups excluding carboxylic acids is 1. The van der Waals surface area contributed by atoms with E-state index in [0.29, 0.717) is 6.61 Å². The van der Waals surface area contributed by atoms with Gasteiger partial charge in [0.25, 0.3) is 0 Å². The normalized spacial score (nSPS) is 11.5. The standard InChI is InChI=1S/C11H12BBrO2.C3H9N/c1-2-6-15-11(14)10(12)8-4-3-5-9(13)7-8;1-4(2)3/h3-5,7,10H,2,6H2,1H3;1-3H3. The maximum Gasteiger partial charge on any atom is 0.304 e. The van der Waals surface area contributed by atoms with Crippen molar-refractivity contribution in [3.8, 4) is 0 Å². The number of carbonyl (C=O) groups is 1. The largest absolute Gasteiger partial charge is 0.466 e. The Morgan fingerprint density at radius 1 is 1.42 bits per heavy atom. The van der Waals surface area contributed by atoms with Gasteiger partial charge >= 0.3 is 5.97 Å². The SMILES string of the molecule is CN(C)C.[B]C(C(=O)OCCC)c1cccc(Br)c1. The van der Waals surface area contributed by atoms with Crippen LogP contribution in [0.25, 0.3) is 0 Å². The van der Waals surface area contributed by atoms with Crippen molar-refractivity contribution in [2.24, 2.45) is 0 Å². The van der Waals surface area contributed by atoms with E-state index < -0.39 is 5.82 Å². The first kappa shape index (κ1) is 18.2. The topological polar surface area (TPSA) is 29.5 Å². The van der Waals surface area contributed by atoms with E-state index in [2.05, 4.69) is 15.9 Å². The zero-order chi connectivity index (χ0) is 14.8. The van der Waals surface area contributed by atoms with Crippen LogP contribution < -0.4 is 0 Å². The minimum Gasteiger partial charge on any atom is -0.466 e. The van der Waals surface area contributed by atoms with Crippen molar-refractivity contribution in [2.75, 3.05) is 27.7 Å². The van der Waals surface area contributed by atoms with E-state index in [1.165, 1.54) is 0 Å². The second kappa shape index (κ2) is 10.0. The highest BCUT2D eigenvalue weighted by Gasteiger charge is 2.15. The Morgan fingerprint density at radius 2 is 2.00 bits per heavy atom. The molecular weight excluding hydrogens is 305 g/mol. The number of esters is 1. The monoisotopic (exact) mass is 325 g/mol. The van der Waals surface area contributed by atoms with Crippen LogP contribution in [0.3, 0.4) is 0 Å². The lowest BCUT2D eigenvalue weighted by molar-refractivity contribution is -0.143. The summed E-state index contributed by atoms with van der Waals surface area (Å²) in [5, 5.41) is 0. The number of ether oxygens (including phenoxy) is 1. The van der Waals surface area contributed by atoms with Gasteiger partial charge in [-0.3, -0.25) is 4.79 Å². The van der Waals surface area contributed by atoms with Gasteiger partial charge < -0.3 is 9.64 Å². The summed E-state index contributed by atoms with van der Waals surface area (Å²) in [4.78, 5) is 13.5. The molecule has 0 amide bonds. The van der Waals surface area contributed by atoms with Crippen molar-refractivity contribution >= 4 is 29.7 Å². The maximum atomic E-state index is 11.5. The van der Waals surface area contributed by atoms with Crippen LogP contribution in [-0.2, 0) is 9.53 Å². The van der Waals surface area contributed by atoms with E-state index in [-0.39, 0.29) is 5.97 Å². The Kier molecular flexibility index (Phi) is 9.61. The molecule has 5 heteroatoms. The minimum absolute atomic E-state index is 0.380. The van der Waals surface area contributed by atoms with E-state index >= 15 is 0 Å². The van der Waals surface area contributed by atoms with E-state index in [4.69, 9.17) is 12.6 Å². The quantitative estimate of drug-likeness (QED) is 0.629. The third-order valence-electron chi connectivity index (χ3n) is 1.91. The number of hydrogen-bond acceptors (Lipinski definition) is 3. The van der Waals surface area contributed by atoms with E-state index in [1.54, 1.807) is 0 Å². The molecule has 0 aliphatic carbocycles. The molecule has 0 saturated carbocycles. The lowest BCUT2D eigenvalue weighted by atomic mass is 9.81. The van der Waals surface area contributed by atoms with Crippen molar-refractivity contribution in [1.82, 2.24) is 4.90 Å². The van der Waals surface area contributed by atoms with Crippen molar-refractivity contribution < 1.29 is 9.53 Å². The fraction of sp³-hybridized carbons (Fsp3) is 0.500. The molecule has 1 rings (SSSR count). The Balaban J connectivity index is 0.000000711. The molecule has 0 spiro atoms. The van der Waals surface area contributed by atoms with E-state index in [1.807, 2.05) is 57.2 Å². The van der Waals surface area contributed by atoms with Crippen molar-refractivity contribution in [2.45, 2.75) is 19.2 Å². The van der Waals surface area contributed by atoms with Crippen LogP contribution in [0.2, 0.25) is 0 Å². The van der Waals surface area contributed by atoms with Crippen molar-refractivity contribution in [3.05, 3.63) is 34.3 Å². The first-order valence-electron chi connectivity index (χ1n) is 6.17. The molecule has 0 saturated heterocycles. The van der Waals surface area contributed by atoms with Gasteiger partial charge in [0.2, 0.25) is 0 Å². The average molecular weight is 326 g/mol. The second-order valence-electron chi connectivity index (χ2n) is 4.54. The Bertz CT molecular complexity index is 383. The van der Waals surface area contributed by atoms with Crippen LogP contribution in [-0.4, -0.2) is 46.5 Å². The first-order chi connectivity index (χ1) is 8.88. The molecular formula is C14H21BBrNO2. The zero-order valence-corrected chi connectivity index (χ0v) is 13.6. The summed E-state index contributed by atoms with van der Waals surface area (Å²) >= 11 is 3.32. The summed E-state index contributed by atoms with van der Waals surface area (Å²) in [6, 6.07) is 7.35. The van der Waals surface area contributed by atoms with Gasteiger partial charge in [0.05, 0.1) is 14.5 Å². The Morgan fingerprint density at radius 3 is 2.47 bits per heavy atom. The van der Waals surface area contributed by atoms with Crippen molar-refractivity contribution in [1.29, 1.82) is 0 Å². The number of benzene rings is 1. The third-order valence-corrected chi connectivity index (χ3v) is 2.40. The van der Waals surface area contributed by atoms with Crippen LogP contribution in [0.5, 0.6) is 0 Å². The second-order valence-corrected chi connectivity index (χ2v) is 5.46. The molecule has 0 aromatic heterocycles. The summed E-state index contributed by atoms with van der Waals surface area (Å²) in [7, 11) is 11.8. The Hall–Kier alpha value is -0.805. The maximum absolute atomic E-state index is 11.5. The summed E-state index contributed by atoms with van der Waals surface area (Å²) < 4.78 is 5.87. The molecule has 0 aliphatic heterocycles. The molecule has 0 heterocycles. The molecule has 19 heavy (non-hydrogen) atoms. The van der Waals surface area contributed by atoms with E-state index in [9.17, 15) is 4.79 Å². The molecule has 0 N–H and O–H groups in total. The summed E-state index contributed by atoms with van der Waals surface area (Å²) in [6.45, 7) is 2.36. The van der Waals surface area contributed by atoms with Gasteiger partial charge in [0.1, 0.15) is 0 Å². The van der Waals surface area contributed by atoms with Crippen LogP contribution in [0.4, 0.5) is 0 Å². The van der Waals surface area contributed by atoms with Gasteiger partial charge in [-0.25, -0.2) is 0 Å². The molecule has 0 fully saturated rings. The number of halogens is 1. The smallest absolute Gasteiger partial charge is 0.304 e. The molecule has 0 bridgehead atoms. The predicted octanol–water partition coefficient (Wildman–Crippen LogP) is 2.79. The highest BCUT2D eigenvalue weighted by atomic mass is 79.9. The Labute approximate surface area is 125 Å². The predicted molar refractivity (Wildman–Crippen MR) is 83.5 cm³/mol. The summed E-state index contributed by atoms with van der Waals surface area (Å²) in [5.74, 6) is -1.08. The molecule has 1 unspecified atom stereocenters. The highest BCUT2D eigenvalue weighted by molar-refractivity contribution is 9.10. The molecule has 1 atom stereocenters. The van der Waals surface area contributed by atoms with E-state index in [0.717, 1.165) is 16.5 Å². The summed E-state index contributed by atoms with van der Waals surface area (Å²) in [6.07, 6.45) is 0.803. The fourth-order valence-electron chi connectivity index (χ4n) is 1.13. The highest BCUT2D eigenvalue weighted by Crippen LogP contribution is 2.18. The molecule has 3 nitrogen and oxygen atoms in total. The van der Waals surface area contributed by atoms with Crippen LogP contribution in [0.1, 0.15) is 24.7 Å². The number of nitrogens with zero attached hydrogens (tertiary/aromatic N) is 1. The lowest BCUT2D eigenvalue weighted by Gasteiger charge is -2.11. The lowest BCUT2D eigenvalue weighted by Crippen LogP contribution is -2.16. The van der Waals surface area contributed by atoms with Crippen LogP contribution in [0.15, 0.2) is 28.7 Å². The number of hydrogen-bond donors (Lipinski definition) is 0. The third kappa shape index (κ3) is 8.84. The molecule has 0 aliphatic rings. The van der Waals surface area contributed by atoms with Gasteiger partial charge in [-0.05, 0) is 45.3 Å².